The molecule has 0 saturated heterocycles. The van der Waals surface area contributed by atoms with Gasteiger partial charge in [-0.3, -0.25) is 14.9 Å². The Balaban J connectivity index is 2.96. The lowest BCUT2D eigenvalue weighted by Crippen LogP contribution is -2.36. The summed E-state index contributed by atoms with van der Waals surface area (Å²) < 4.78 is 38.8. The van der Waals surface area contributed by atoms with E-state index in [0.717, 1.165) is 12.1 Å². The molecular formula is C16H23F3N4O2. The second kappa shape index (κ2) is 9.26. The van der Waals surface area contributed by atoms with E-state index in [-0.39, 0.29) is 24.7 Å². The average molecular weight is 360 g/mol. The molecule has 1 rings (SSSR count). The van der Waals surface area contributed by atoms with E-state index in [2.05, 4.69) is 16.0 Å². The van der Waals surface area contributed by atoms with Gasteiger partial charge in [-0.1, -0.05) is 0 Å². The fourth-order valence-corrected chi connectivity index (χ4v) is 2.22. The van der Waals surface area contributed by atoms with Gasteiger partial charge in [-0.05, 0) is 32.0 Å². The molecule has 0 bridgehead atoms. The zero-order valence-corrected chi connectivity index (χ0v) is 14.5. The number of nitrogens with one attached hydrogen (secondary N) is 3. The Kier molecular flexibility index (Phi) is 7.69. The van der Waals surface area contributed by atoms with Gasteiger partial charge in [-0.25, -0.2) is 0 Å². The van der Waals surface area contributed by atoms with E-state index >= 15 is 0 Å². The number of alkyl halides is 3. The van der Waals surface area contributed by atoms with Crippen molar-refractivity contribution in [1.29, 1.82) is 0 Å². The number of rotatable bonds is 8. The Morgan fingerprint density at radius 1 is 1.08 bits per heavy atom. The van der Waals surface area contributed by atoms with Crippen LogP contribution in [0.5, 0.6) is 0 Å². The highest BCUT2D eigenvalue weighted by Crippen LogP contribution is 2.35. The van der Waals surface area contributed by atoms with Crippen LogP contribution in [0.25, 0.3) is 0 Å². The van der Waals surface area contributed by atoms with Gasteiger partial charge in [0.05, 0.1) is 30.0 Å². The van der Waals surface area contributed by atoms with Crippen molar-refractivity contribution < 1.29 is 22.8 Å². The van der Waals surface area contributed by atoms with Gasteiger partial charge in [0.2, 0.25) is 11.8 Å². The Morgan fingerprint density at radius 3 is 2.20 bits per heavy atom. The van der Waals surface area contributed by atoms with Crippen LogP contribution in [0.15, 0.2) is 18.2 Å². The fourth-order valence-electron chi connectivity index (χ4n) is 2.22. The van der Waals surface area contributed by atoms with Crippen molar-refractivity contribution in [3.8, 4) is 0 Å². The summed E-state index contributed by atoms with van der Waals surface area (Å²) in [5.41, 5.74) is -0.236. The molecule has 1 aromatic rings. The Labute approximate surface area is 144 Å². The third-order valence-corrected chi connectivity index (χ3v) is 3.55. The SMILES string of the molecule is CCN(CC)c1ccc(C(F)(F)F)cc1NC(=O)CNCC(=O)NC. The van der Waals surface area contributed by atoms with Crippen LogP contribution in [-0.2, 0) is 15.8 Å². The monoisotopic (exact) mass is 360 g/mol. The Bertz CT molecular complexity index is 602. The molecule has 0 spiro atoms. The first-order valence-corrected chi connectivity index (χ1v) is 7.90. The number of hydrogen-bond donors (Lipinski definition) is 3. The molecule has 0 fully saturated rings. The minimum atomic E-state index is -4.50. The molecular weight excluding hydrogens is 337 g/mol. The van der Waals surface area contributed by atoms with Crippen LogP contribution in [0.1, 0.15) is 19.4 Å². The van der Waals surface area contributed by atoms with Gasteiger partial charge in [0, 0.05) is 20.1 Å². The zero-order valence-electron chi connectivity index (χ0n) is 14.5. The molecule has 0 heterocycles. The van der Waals surface area contributed by atoms with Crippen LogP contribution >= 0.6 is 0 Å². The number of carbonyl (C=O) groups excluding carboxylic acids is 2. The van der Waals surface area contributed by atoms with Crippen molar-refractivity contribution >= 4 is 23.2 Å². The van der Waals surface area contributed by atoms with Crippen LogP contribution in [0.3, 0.4) is 0 Å². The molecule has 2 amide bonds. The molecule has 9 heteroatoms. The first-order chi connectivity index (χ1) is 11.7. The Morgan fingerprint density at radius 2 is 1.68 bits per heavy atom. The highest BCUT2D eigenvalue weighted by molar-refractivity contribution is 5.96. The first kappa shape index (κ1) is 20.8. The number of likely N-dealkylation sites (N-methyl/N-ethyl adjacent to an activating group) is 1. The van der Waals surface area contributed by atoms with Gasteiger partial charge in [-0.15, -0.1) is 0 Å². The molecule has 0 aliphatic carbocycles. The molecule has 0 aliphatic rings. The number of halogens is 3. The maximum absolute atomic E-state index is 12.9. The number of nitrogens with zero attached hydrogens (tertiary/aromatic N) is 1. The first-order valence-electron chi connectivity index (χ1n) is 7.90. The van der Waals surface area contributed by atoms with Gasteiger partial charge in [0.15, 0.2) is 0 Å². The van der Waals surface area contributed by atoms with Crippen LogP contribution in [0.2, 0.25) is 0 Å². The van der Waals surface area contributed by atoms with Gasteiger partial charge in [-0.2, -0.15) is 13.2 Å². The summed E-state index contributed by atoms with van der Waals surface area (Å²) in [5, 5.41) is 7.49. The van der Waals surface area contributed by atoms with Gasteiger partial charge in [0.1, 0.15) is 0 Å². The minimum Gasteiger partial charge on any atom is -0.370 e. The lowest BCUT2D eigenvalue weighted by molar-refractivity contribution is -0.137. The second-order valence-corrected chi connectivity index (χ2v) is 5.23. The number of carbonyl (C=O) groups is 2. The molecule has 25 heavy (non-hydrogen) atoms. The molecule has 0 aromatic heterocycles. The molecule has 0 unspecified atom stereocenters. The molecule has 0 atom stereocenters. The largest absolute Gasteiger partial charge is 0.416 e. The zero-order chi connectivity index (χ0) is 19.0. The van der Waals surface area contributed by atoms with Crippen LogP contribution in [0.4, 0.5) is 24.5 Å². The normalized spacial score (nSPS) is 11.1. The quantitative estimate of drug-likeness (QED) is 0.661. The van der Waals surface area contributed by atoms with Crippen LogP contribution in [-0.4, -0.2) is 45.0 Å². The third-order valence-electron chi connectivity index (χ3n) is 3.55. The second-order valence-electron chi connectivity index (χ2n) is 5.23. The number of anilines is 2. The summed E-state index contributed by atoms with van der Waals surface area (Å²) >= 11 is 0. The van der Waals surface area contributed by atoms with Crippen LogP contribution < -0.4 is 20.9 Å². The summed E-state index contributed by atoms with van der Waals surface area (Å²) in [6.45, 7) is 4.66. The smallest absolute Gasteiger partial charge is 0.370 e. The van der Waals surface area contributed by atoms with Crippen molar-refractivity contribution in [2.45, 2.75) is 20.0 Å². The number of benzene rings is 1. The van der Waals surface area contributed by atoms with E-state index in [1.165, 1.54) is 13.1 Å². The van der Waals surface area contributed by atoms with E-state index in [0.29, 0.717) is 18.8 Å². The lowest BCUT2D eigenvalue weighted by Gasteiger charge is -2.25. The van der Waals surface area contributed by atoms with E-state index in [1.54, 1.807) is 0 Å². The van der Waals surface area contributed by atoms with E-state index in [4.69, 9.17) is 0 Å². The van der Waals surface area contributed by atoms with Crippen molar-refractivity contribution in [1.82, 2.24) is 10.6 Å². The molecule has 0 radical (unpaired) electrons. The summed E-state index contributed by atoms with van der Waals surface area (Å²) in [6.07, 6.45) is -4.50. The highest BCUT2D eigenvalue weighted by atomic mass is 19.4. The average Bonchev–Trinajstić information content (AvgIpc) is 2.56. The molecule has 0 saturated carbocycles. The van der Waals surface area contributed by atoms with E-state index in [1.807, 2.05) is 18.7 Å². The molecule has 140 valence electrons. The Hall–Kier alpha value is -2.29. The maximum Gasteiger partial charge on any atom is 0.416 e. The van der Waals surface area contributed by atoms with Gasteiger partial charge in [0.25, 0.3) is 0 Å². The summed E-state index contributed by atoms with van der Waals surface area (Å²) in [7, 11) is 1.46. The number of amides is 2. The van der Waals surface area contributed by atoms with E-state index in [9.17, 15) is 22.8 Å². The van der Waals surface area contributed by atoms with E-state index < -0.39 is 17.6 Å². The maximum atomic E-state index is 12.9. The van der Waals surface area contributed by atoms with Gasteiger partial charge >= 0.3 is 6.18 Å². The lowest BCUT2D eigenvalue weighted by atomic mass is 10.1. The predicted molar refractivity (Wildman–Crippen MR) is 90.6 cm³/mol. The number of hydrogen-bond acceptors (Lipinski definition) is 4. The third kappa shape index (κ3) is 6.26. The van der Waals surface area contributed by atoms with Crippen molar-refractivity contribution in [2.75, 3.05) is 43.4 Å². The highest BCUT2D eigenvalue weighted by Gasteiger charge is 2.31. The van der Waals surface area contributed by atoms with Gasteiger partial charge < -0.3 is 15.5 Å². The molecule has 1 aromatic carbocycles. The molecule has 6 nitrogen and oxygen atoms in total. The van der Waals surface area contributed by atoms with Crippen LogP contribution in [0, 0.1) is 0 Å². The summed E-state index contributed by atoms with van der Waals surface area (Å²) in [5.74, 6) is -0.827. The standard InChI is InChI=1S/C16H23F3N4O2/c1-4-23(5-2)13-7-6-11(16(17,18)19)8-12(13)22-15(25)10-21-9-14(24)20-3/h6-8,21H,4-5,9-10H2,1-3H3,(H,20,24)(H,22,25). The topological polar surface area (TPSA) is 73.5 Å². The summed E-state index contributed by atoms with van der Waals surface area (Å²) in [4.78, 5) is 24.9. The minimum absolute atomic E-state index is 0.0601. The fraction of sp³-hybridized carbons (Fsp3) is 0.500. The predicted octanol–water partition coefficient (Wildman–Crippen LogP) is 1.83. The molecule has 3 N–H and O–H groups in total. The van der Waals surface area contributed by atoms with Crippen molar-refractivity contribution in [3.05, 3.63) is 23.8 Å². The van der Waals surface area contributed by atoms with Crippen molar-refractivity contribution in [2.24, 2.45) is 0 Å². The summed E-state index contributed by atoms with van der Waals surface area (Å²) in [6, 6.07) is 3.26. The molecule has 0 aliphatic heterocycles. The van der Waals surface area contributed by atoms with Crippen molar-refractivity contribution in [3.63, 3.8) is 0 Å².